The minimum Gasteiger partial charge on any atom is -0.253 e. The summed E-state index contributed by atoms with van der Waals surface area (Å²) in [5.74, 6) is 5.73. The van der Waals surface area contributed by atoms with Gasteiger partial charge in [0.05, 0.1) is 11.4 Å². The molecule has 0 saturated heterocycles. The maximum Gasteiger partial charge on any atom is 0.129 e. The molecule has 2 nitrogen and oxygen atoms in total. The minimum absolute atomic E-state index is 0.770. The number of hydrogen-bond acceptors (Lipinski definition) is 2. The van der Waals surface area contributed by atoms with E-state index >= 15 is 0 Å². The first-order valence-corrected chi connectivity index (χ1v) is 9.90. The lowest BCUT2D eigenvalue weighted by Gasteiger charge is -2.03. The predicted octanol–water partition coefficient (Wildman–Crippen LogP) is 3.35. The summed E-state index contributed by atoms with van der Waals surface area (Å²) in [6.07, 6.45) is 8.78. The van der Waals surface area contributed by atoms with Crippen LogP contribution in [0.4, 0.5) is 0 Å². The van der Waals surface area contributed by atoms with E-state index in [0.29, 0.717) is 0 Å². The van der Waals surface area contributed by atoms with Gasteiger partial charge in [-0.1, -0.05) is 31.5 Å². The van der Waals surface area contributed by atoms with E-state index < -0.39 is 8.07 Å². The Kier molecular flexibility index (Phi) is 4.03. The van der Waals surface area contributed by atoms with Crippen molar-refractivity contribution in [2.45, 2.75) is 19.6 Å². The second kappa shape index (κ2) is 5.73. The lowest BCUT2D eigenvalue weighted by Crippen LogP contribution is -2.16. The molecule has 0 amide bonds. The van der Waals surface area contributed by atoms with Gasteiger partial charge in [-0.15, -0.1) is 12.0 Å². The Hall–Kier alpha value is -2.36. The fraction of sp³-hybridized carbons (Fsp3) is 0.176. The minimum atomic E-state index is -1.35. The third-order valence-corrected chi connectivity index (χ3v) is 3.41. The van der Waals surface area contributed by atoms with Crippen LogP contribution in [0.25, 0.3) is 11.4 Å². The Morgan fingerprint density at radius 1 is 0.900 bits per heavy atom. The summed E-state index contributed by atoms with van der Waals surface area (Å²) in [5.41, 5.74) is 6.67. The normalized spacial score (nSPS) is 10.3. The van der Waals surface area contributed by atoms with Crippen molar-refractivity contribution in [2.24, 2.45) is 0 Å². The fourth-order valence-corrected chi connectivity index (χ4v) is 2.03. The highest BCUT2D eigenvalue weighted by atomic mass is 28.3. The van der Waals surface area contributed by atoms with Gasteiger partial charge in [-0.2, -0.15) is 0 Å². The van der Waals surface area contributed by atoms with Crippen molar-refractivity contribution in [3.05, 3.63) is 47.8 Å². The van der Waals surface area contributed by atoms with Crippen molar-refractivity contribution in [2.75, 3.05) is 0 Å². The monoisotopic (exact) mass is 276 g/mol. The number of nitrogens with zero attached hydrogens (tertiary/aromatic N) is 2. The van der Waals surface area contributed by atoms with Gasteiger partial charge in [0.25, 0.3) is 0 Å². The number of pyridine rings is 2. The van der Waals surface area contributed by atoms with Gasteiger partial charge < -0.3 is 0 Å². The fourth-order valence-electron chi connectivity index (χ4n) is 1.51. The van der Waals surface area contributed by atoms with Crippen molar-refractivity contribution in [3.8, 4) is 35.2 Å². The van der Waals surface area contributed by atoms with Gasteiger partial charge >= 0.3 is 0 Å². The lowest BCUT2D eigenvalue weighted by atomic mass is 10.2. The molecule has 0 unspecified atom stereocenters. The van der Waals surface area contributed by atoms with E-state index in [1.54, 1.807) is 12.4 Å². The first-order chi connectivity index (χ1) is 9.48. The van der Waals surface area contributed by atoms with Gasteiger partial charge in [0.2, 0.25) is 0 Å². The van der Waals surface area contributed by atoms with E-state index in [1.165, 1.54) is 0 Å². The van der Waals surface area contributed by atoms with Gasteiger partial charge in [0.15, 0.2) is 0 Å². The molecular formula is C17H16N2Si. The zero-order valence-electron chi connectivity index (χ0n) is 11.9. The molecular weight excluding hydrogens is 260 g/mol. The molecule has 0 aliphatic carbocycles. The number of hydrogen-bond donors (Lipinski definition) is 0. The molecule has 2 rings (SSSR count). The van der Waals surface area contributed by atoms with Crippen LogP contribution in [0.1, 0.15) is 11.1 Å². The predicted molar refractivity (Wildman–Crippen MR) is 85.6 cm³/mol. The maximum atomic E-state index is 5.31. The van der Waals surface area contributed by atoms with E-state index in [4.69, 9.17) is 6.42 Å². The van der Waals surface area contributed by atoms with Crippen LogP contribution in [-0.4, -0.2) is 18.0 Å². The Labute approximate surface area is 121 Å². The molecule has 0 N–H and O–H groups in total. The third kappa shape index (κ3) is 3.81. The summed E-state index contributed by atoms with van der Waals surface area (Å²) in [4.78, 5) is 8.70. The van der Waals surface area contributed by atoms with Crippen LogP contribution in [0.2, 0.25) is 19.6 Å². The van der Waals surface area contributed by atoms with E-state index in [1.807, 2.05) is 24.3 Å². The van der Waals surface area contributed by atoms with Crippen LogP contribution in [0.3, 0.4) is 0 Å². The first kappa shape index (κ1) is 14.1. The molecule has 3 heteroatoms. The molecule has 98 valence electrons. The van der Waals surface area contributed by atoms with Gasteiger partial charge in [-0.05, 0) is 24.3 Å². The van der Waals surface area contributed by atoms with Crippen molar-refractivity contribution >= 4 is 8.07 Å². The highest BCUT2D eigenvalue weighted by Crippen LogP contribution is 2.14. The molecule has 0 spiro atoms. The summed E-state index contributed by atoms with van der Waals surface area (Å²) in [5, 5.41) is 0. The summed E-state index contributed by atoms with van der Waals surface area (Å²) in [6, 6.07) is 7.66. The van der Waals surface area contributed by atoms with Crippen LogP contribution in [0, 0.1) is 23.8 Å². The quantitative estimate of drug-likeness (QED) is 0.589. The summed E-state index contributed by atoms with van der Waals surface area (Å²) < 4.78 is 0. The molecule has 20 heavy (non-hydrogen) atoms. The SMILES string of the molecule is C#Cc1ccc(-c2ccc(C#C[Si](C)(C)C)cn2)nc1. The smallest absolute Gasteiger partial charge is 0.129 e. The van der Waals surface area contributed by atoms with Crippen LogP contribution >= 0.6 is 0 Å². The second-order valence-corrected chi connectivity index (χ2v) is 10.3. The molecule has 0 atom stereocenters. The van der Waals surface area contributed by atoms with E-state index in [9.17, 15) is 0 Å². The highest BCUT2D eigenvalue weighted by Gasteiger charge is 2.07. The second-order valence-electron chi connectivity index (χ2n) is 5.51. The molecule has 0 aromatic carbocycles. The zero-order chi connectivity index (χ0) is 14.6. The Morgan fingerprint density at radius 2 is 1.45 bits per heavy atom. The van der Waals surface area contributed by atoms with Crippen molar-refractivity contribution in [1.29, 1.82) is 0 Å². The van der Waals surface area contributed by atoms with Gasteiger partial charge in [0, 0.05) is 23.5 Å². The molecule has 0 fully saturated rings. The first-order valence-electron chi connectivity index (χ1n) is 6.40. The maximum absolute atomic E-state index is 5.31. The van der Waals surface area contributed by atoms with Crippen molar-refractivity contribution in [1.82, 2.24) is 9.97 Å². The van der Waals surface area contributed by atoms with Gasteiger partial charge in [-0.3, -0.25) is 9.97 Å². The topological polar surface area (TPSA) is 25.8 Å². The molecule has 2 aromatic heterocycles. The van der Waals surface area contributed by atoms with Crippen LogP contribution in [-0.2, 0) is 0 Å². The molecule has 2 heterocycles. The third-order valence-electron chi connectivity index (χ3n) is 2.54. The number of aromatic nitrogens is 2. The van der Waals surface area contributed by atoms with Crippen LogP contribution in [0.15, 0.2) is 36.7 Å². The summed E-state index contributed by atoms with van der Waals surface area (Å²) in [6.45, 7) is 6.66. The molecule has 0 radical (unpaired) electrons. The molecule has 0 aliphatic rings. The lowest BCUT2D eigenvalue weighted by molar-refractivity contribution is 1.24. The Bertz CT molecular complexity index is 690. The molecule has 0 aliphatic heterocycles. The summed E-state index contributed by atoms with van der Waals surface area (Å²) in [7, 11) is -1.35. The Morgan fingerprint density at radius 3 is 1.85 bits per heavy atom. The molecule has 0 bridgehead atoms. The Balaban J connectivity index is 2.23. The van der Waals surface area contributed by atoms with Crippen molar-refractivity contribution < 1.29 is 0 Å². The van der Waals surface area contributed by atoms with Crippen molar-refractivity contribution in [3.63, 3.8) is 0 Å². The number of rotatable bonds is 1. The van der Waals surface area contributed by atoms with E-state index in [2.05, 4.69) is 47.0 Å². The van der Waals surface area contributed by atoms with E-state index in [-0.39, 0.29) is 0 Å². The van der Waals surface area contributed by atoms with Gasteiger partial charge in [-0.25, -0.2) is 0 Å². The van der Waals surface area contributed by atoms with Gasteiger partial charge in [0.1, 0.15) is 8.07 Å². The average Bonchev–Trinajstić information content (AvgIpc) is 2.45. The average molecular weight is 276 g/mol. The zero-order valence-corrected chi connectivity index (χ0v) is 12.9. The number of terminal acetylenes is 1. The molecule has 2 aromatic rings. The largest absolute Gasteiger partial charge is 0.253 e. The van der Waals surface area contributed by atoms with Crippen LogP contribution < -0.4 is 0 Å². The standard InChI is InChI=1S/C17H16N2Si/c1-5-14-6-8-16(18-12-14)17-9-7-15(13-19-17)10-11-20(2,3)4/h1,6-9,12-13H,2-4H3. The molecule has 0 saturated carbocycles. The highest BCUT2D eigenvalue weighted by molar-refractivity contribution is 6.83. The van der Waals surface area contributed by atoms with E-state index in [0.717, 1.165) is 22.5 Å². The van der Waals surface area contributed by atoms with Crippen LogP contribution in [0.5, 0.6) is 0 Å². The summed E-state index contributed by atoms with van der Waals surface area (Å²) >= 11 is 0.